The average Bonchev–Trinajstić information content (AvgIpc) is 2.84. The summed E-state index contributed by atoms with van der Waals surface area (Å²) in [5.74, 6) is -0.652. The minimum Gasteiger partial charge on any atom is -0.493 e. The van der Waals surface area contributed by atoms with Crippen LogP contribution >= 0.6 is 0 Å². The quantitative estimate of drug-likeness (QED) is 0.591. The van der Waals surface area contributed by atoms with Gasteiger partial charge in [0.25, 0.3) is 0 Å². The van der Waals surface area contributed by atoms with Crippen molar-refractivity contribution in [3.63, 3.8) is 0 Å². The molecule has 0 aliphatic carbocycles. The van der Waals surface area contributed by atoms with Crippen molar-refractivity contribution < 1.29 is 32.2 Å². The molecule has 0 amide bonds. The zero-order valence-electron chi connectivity index (χ0n) is 19.7. The average molecular weight is 505 g/mol. The Labute approximate surface area is 204 Å². The van der Waals surface area contributed by atoms with Gasteiger partial charge in [0.1, 0.15) is 5.82 Å². The van der Waals surface area contributed by atoms with Gasteiger partial charge in [0.05, 0.1) is 19.1 Å². The fourth-order valence-corrected chi connectivity index (χ4v) is 6.47. The van der Waals surface area contributed by atoms with Crippen LogP contribution in [-0.2, 0) is 21.2 Å². The van der Waals surface area contributed by atoms with Gasteiger partial charge in [0, 0.05) is 37.3 Å². The van der Waals surface area contributed by atoms with Crippen LogP contribution in [-0.4, -0.2) is 63.4 Å². The molecule has 1 fully saturated rings. The Morgan fingerprint density at radius 2 is 1.83 bits per heavy atom. The number of sulfonamides is 1. The van der Waals surface area contributed by atoms with Gasteiger partial charge in [-0.05, 0) is 73.1 Å². The molecule has 8 nitrogen and oxygen atoms in total. The molecule has 10 heteroatoms. The number of rotatable bonds is 8. The predicted octanol–water partition coefficient (Wildman–Crippen LogP) is 3.38. The minimum atomic E-state index is -3.84. The summed E-state index contributed by atoms with van der Waals surface area (Å²) in [6.45, 7) is 0.966. The van der Waals surface area contributed by atoms with Gasteiger partial charge in [-0.15, -0.1) is 0 Å². The maximum atomic E-state index is 13.3. The largest absolute Gasteiger partial charge is 0.493 e. The molecule has 1 N–H and O–H groups in total. The molecule has 35 heavy (non-hydrogen) atoms. The third kappa shape index (κ3) is 5.33. The Kier molecular flexibility index (Phi) is 7.42. The summed E-state index contributed by atoms with van der Waals surface area (Å²) in [6.07, 6.45) is 1.56. The van der Waals surface area contributed by atoms with E-state index in [1.54, 1.807) is 14.2 Å². The summed E-state index contributed by atoms with van der Waals surface area (Å²) in [6, 6.07) is 8.57. The maximum absolute atomic E-state index is 13.3. The third-order valence-corrected chi connectivity index (χ3v) is 8.68. The van der Waals surface area contributed by atoms with Crippen molar-refractivity contribution in [2.75, 3.05) is 33.9 Å². The number of ether oxygens (including phenoxy) is 2. The van der Waals surface area contributed by atoms with Gasteiger partial charge in [-0.25, -0.2) is 12.8 Å². The van der Waals surface area contributed by atoms with Crippen LogP contribution in [0, 0.1) is 17.7 Å². The van der Waals surface area contributed by atoms with E-state index in [-0.39, 0.29) is 36.2 Å². The van der Waals surface area contributed by atoms with Crippen molar-refractivity contribution in [1.29, 1.82) is 0 Å². The van der Waals surface area contributed by atoms with Gasteiger partial charge >= 0.3 is 5.97 Å². The first-order valence-electron chi connectivity index (χ1n) is 11.5. The van der Waals surface area contributed by atoms with E-state index in [1.807, 2.05) is 12.1 Å². The molecule has 2 aromatic rings. The molecule has 1 saturated heterocycles. The number of carboxylic acid groups (broad SMARTS) is 1. The molecule has 4 rings (SSSR count). The lowest BCUT2D eigenvalue weighted by Gasteiger charge is -2.38. The molecule has 2 aromatic carbocycles. The van der Waals surface area contributed by atoms with E-state index in [9.17, 15) is 22.7 Å². The number of piperidine rings is 1. The van der Waals surface area contributed by atoms with Crippen molar-refractivity contribution in [2.24, 2.45) is 16.8 Å². The Balaban J connectivity index is 1.62. The number of methoxy groups -OCH3 is 2. The zero-order chi connectivity index (χ0) is 25.2. The number of hydrogen-bond acceptors (Lipinski definition) is 6. The number of fused-ring (bicyclic) bond motifs is 1. The summed E-state index contributed by atoms with van der Waals surface area (Å²) in [5.41, 5.74) is 2.80. The summed E-state index contributed by atoms with van der Waals surface area (Å²) in [7, 11) is -0.700. The van der Waals surface area contributed by atoms with Crippen LogP contribution in [0.15, 0.2) is 46.3 Å². The van der Waals surface area contributed by atoms with E-state index in [0.29, 0.717) is 30.9 Å². The number of aliphatic carboxylic acids is 1. The van der Waals surface area contributed by atoms with Crippen LogP contribution < -0.4 is 9.47 Å². The molecule has 2 unspecified atom stereocenters. The summed E-state index contributed by atoms with van der Waals surface area (Å²) in [5, 5.41) is 9.47. The number of carboxylic acids is 1. The second kappa shape index (κ2) is 10.3. The van der Waals surface area contributed by atoms with Crippen LogP contribution in [0.1, 0.15) is 30.4 Å². The molecule has 0 spiro atoms. The Hall–Kier alpha value is -2.98. The lowest BCUT2D eigenvalue weighted by molar-refractivity contribution is -0.138. The molecule has 2 atom stereocenters. The molecule has 2 heterocycles. The van der Waals surface area contributed by atoms with Gasteiger partial charge in [0.2, 0.25) is 10.0 Å². The third-order valence-electron chi connectivity index (χ3n) is 6.80. The van der Waals surface area contributed by atoms with E-state index >= 15 is 0 Å². The van der Waals surface area contributed by atoms with Crippen LogP contribution in [0.25, 0.3) is 0 Å². The smallest absolute Gasteiger partial charge is 0.303 e. The molecule has 0 bridgehead atoms. The highest BCUT2D eigenvalue weighted by molar-refractivity contribution is 7.89. The Bertz CT molecular complexity index is 1230. The Morgan fingerprint density at radius 1 is 1.14 bits per heavy atom. The highest BCUT2D eigenvalue weighted by Gasteiger charge is 2.37. The molecular formula is C25H29FN2O6S. The van der Waals surface area contributed by atoms with Crippen molar-refractivity contribution in [1.82, 2.24) is 4.31 Å². The number of halogens is 1. The fraction of sp³-hybridized carbons (Fsp3) is 0.440. The normalized spacial score (nSPS) is 20.6. The van der Waals surface area contributed by atoms with Crippen LogP contribution in [0.3, 0.4) is 0 Å². The molecule has 2 aliphatic heterocycles. The highest BCUT2D eigenvalue weighted by Crippen LogP contribution is 2.37. The predicted molar refractivity (Wildman–Crippen MR) is 128 cm³/mol. The van der Waals surface area contributed by atoms with Crippen LogP contribution in [0.5, 0.6) is 11.5 Å². The van der Waals surface area contributed by atoms with Crippen molar-refractivity contribution in [3.8, 4) is 11.5 Å². The molecule has 0 saturated carbocycles. The second-order valence-electron chi connectivity index (χ2n) is 8.87. The van der Waals surface area contributed by atoms with Crippen LogP contribution in [0.2, 0.25) is 0 Å². The zero-order valence-corrected chi connectivity index (χ0v) is 20.6. The summed E-state index contributed by atoms with van der Waals surface area (Å²) < 4.78 is 52.1. The van der Waals surface area contributed by atoms with E-state index in [1.165, 1.54) is 16.4 Å². The summed E-state index contributed by atoms with van der Waals surface area (Å²) >= 11 is 0. The second-order valence-corrected chi connectivity index (χ2v) is 10.8. The highest BCUT2D eigenvalue weighted by atomic mass is 32.2. The molecule has 2 aliphatic rings. The van der Waals surface area contributed by atoms with Gasteiger partial charge in [0.15, 0.2) is 11.5 Å². The van der Waals surface area contributed by atoms with E-state index in [4.69, 9.17) is 14.5 Å². The van der Waals surface area contributed by atoms with Gasteiger partial charge in [-0.2, -0.15) is 4.31 Å². The lowest BCUT2D eigenvalue weighted by Crippen LogP contribution is -2.45. The maximum Gasteiger partial charge on any atom is 0.303 e. The molecule has 188 valence electrons. The first kappa shape index (κ1) is 25.1. The molecular weight excluding hydrogens is 475 g/mol. The lowest BCUT2D eigenvalue weighted by atomic mass is 9.79. The fourth-order valence-electron chi connectivity index (χ4n) is 4.96. The topological polar surface area (TPSA) is 106 Å². The monoisotopic (exact) mass is 504 g/mol. The summed E-state index contributed by atoms with van der Waals surface area (Å²) in [4.78, 5) is 16.3. The Morgan fingerprint density at radius 3 is 2.49 bits per heavy atom. The van der Waals surface area contributed by atoms with E-state index in [2.05, 4.69) is 0 Å². The van der Waals surface area contributed by atoms with Crippen molar-refractivity contribution in [2.45, 2.75) is 30.6 Å². The number of aliphatic imine (C=N–C) groups is 1. The van der Waals surface area contributed by atoms with Gasteiger partial charge in [-0.1, -0.05) is 0 Å². The van der Waals surface area contributed by atoms with Crippen molar-refractivity contribution in [3.05, 3.63) is 53.3 Å². The number of nitrogens with zero attached hydrogens (tertiary/aromatic N) is 2. The number of benzene rings is 2. The first-order chi connectivity index (χ1) is 16.7. The van der Waals surface area contributed by atoms with E-state index < -0.39 is 21.8 Å². The SMILES string of the molecule is COc1cc2c(cc1OC)C(CC1CN(S(=O)(=O)c3ccc(F)cc3)CCC1CC(=O)O)=NCC2. The standard InChI is InChI=1S/C25H29FN2O6S/c1-33-23-12-17-7-9-27-22(21(17)14-24(23)34-2)11-18-15-28(10-8-16(18)13-25(29)30)35(31,32)20-5-3-19(26)4-6-20/h3-6,12,14,16,18H,7-11,13,15H2,1-2H3,(H,29,30). The number of carbonyl (C=O) groups is 1. The minimum absolute atomic E-state index is 0.0199. The number of hydrogen-bond donors (Lipinski definition) is 1. The first-order valence-corrected chi connectivity index (χ1v) is 12.9. The van der Waals surface area contributed by atoms with Crippen molar-refractivity contribution >= 4 is 21.7 Å². The van der Waals surface area contributed by atoms with Crippen LogP contribution in [0.4, 0.5) is 4.39 Å². The molecule has 0 aromatic heterocycles. The van der Waals surface area contributed by atoms with Gasteiger partial charge < -0.3 is 14.6 Å². The molecule has 0 radical (unpaired) electrons. The van der Waals surface area contributed by atoms with E-state index in [0.717, 1.165) is 35.4 Å². The van der Waals surface area contributed by atoms with Gasteiger partial charge in [-0.3, -0.25) is 9.79 Å².